The normalized spacial score (nSPS) is 15.5. The third-order valence-corrected chi connectivity index (χ3v) is 3.59. The predicted octanol–water partition coefficient (Wildman–Crippen LogP) is 4.30. The topological polar surface area (TPSA) is 12.0 Å². The second-order valence-electron chi connectivity index (χ2n) is 6.10. The molecule has 1 rings (SSSR count). The van der Waals surface area contributed by atoms with Crippen molar-refractivity contribution in [1.29, 1.82) is 0 Å². The van der Waals surface area contributed by atoms with Gasteiger partial charge in [0.15, 0.2) is 0 Å². The quantitative estimate of drug-likeness (QED) is 0.846. The fourth-order valence-corrected chi connectivity index (χ4v) is 1.60. The van der Waals surface area contributed by atoms with E-state index in [-0.39, 0.29) is 11.5 Å². The lowest BCUT2D eigenvalue weighted by Gasteiger charge is -2.29. The summed E-state index contributed by atoms with van der Waals surface area (Å²) in [6, 6.07) is 3.60. The van der Waals surface area contributed by atoms with Crippen molar-refractivity contribution in [3.63, 3.8) is 0 Å². The first-order valence-corrected chi connectivity index (χ1v) is 6.39. The van der Waals surface area contributed by atoms with Gasteiger partial charge in [0, 0.05) is 12.1 Å². The smallest absolute Gasteiger partial charge is 0.126 e. The van der Waals surface area contributed by atoms with Crippen molar-refractivity contribution in [3.8, 4) is 0 Å². The molecule has 0 radical (unpaired) electrons. The fourth-order valence-electron chi connectivity index (χ4n) is 1.60. The molecule has 0 bridgehead atoms. The second kappa shape index (κ2) is 5.79. The molecule has 0 spiro atoms. The van der Waals surface area contributed by atoms with E-state index in [9.17, 15) is 8.78 Å². The highest BCUT2D eigenvalue weighted by atomic mass is 19.1. The monoisotopic (exact) mass is 255 g/mol. The van der Waals surface area contributed by atoms with E-state index in [1.807, 2.05) is 6.92 Å². The summed E-state index contributed by atoms with van der Waals surface area (Å²) in [6.07, 6.45) is 0. The van der Waals surface area contributed by atoms with Crippen LogP contribution in [0.1, 0.15) is 46.2 Å². The van der Waals surface area contributed by atoms with Crippen molar-refractivity contribution >= 4 is 0 Å². The summed E-state index contributed by atoms with van der Waals surface area (Å²) in [7, 11) is 0. The van der Waals surface area contributed by atoms with Crippen LogP contribution in [0.5, 0.6) is 0 Å². The molecule has 1 aromatic carbocycles. The van der Waals surface area contributed by atoms with Crippen LogP contribution >= 0.6 is 0 Å². The third-order valence-electron chi connectivity index (χ3n) is 3.59. The van der Waals surface area contributed by atoms with Gasteiger partial charge in [0.1, 0.15) is 11.6 Å². The lowest BCUT2D eigenvalue weighted by molar-refractivity contribution is 0.247. The Labute approximate surface area is 109 Å². The third kappa shape index (κ3) is 4.37. The SMILES string of the molecule is CC(NCC(C)C(C)(C)C)c1cc(F)cc(F)c1. The molecule has 0 saturated heterocycles. The number of nitrogens with one attached hydrogen (secondary N) is 1. The van der Waals surface area contributed by atoms with Crippen molar-refractivity contribution in [2.24, 2.45) is 11.3 Å². The molecule has 1 aromatic rings. The maximum absolute atomic E-state index is 13.1. The van der Waals surface area contributed by atoms with Gasteiger partial charge in [-0.3, -0.25) is 0 Å². The number of halogens is 2. The van der Waals surface area contributed by atoms with Crippen molar-refractivity contribution < 1.29 is 8.78 Å². The molecule has 0 heterocycles. The van der Waals surface area contributed by atoms with E-state index in [1.54, 1.807) is 0 Å². The van der Waals surface area contributed by atoms with Gasteiger partial charge >= 0.3 is 0 Å². The van der Waals surface area contributed by atoms with Gasteiger partial charge in [-0.2, -0.15) is 0 Å². The number of hydrogen-bond acceptors (Lipinski definition) is 1. The van der Waals surface area contributed by atoms with Gasteiger partial charge in [0.05, 0.1) is 0 Å². The number of hydrogen-bond donors (Lipinski definition) is 1. The Bertz CT molecular complexity index is 376. The number of rotatable bonds is 4. The fraction of sp³-hybridized carbons (Fsp3) is 0.600. The highest BCUT2D eigenvalue weighted by Crippen LogP contribution is 2.25. The minimum atomic E-state index is -0.525. The highest BCUT2D eigenvalue weighted by molar-refractivity contribution is 5.20. The number of benzene rings is 1. The van der Waals surface area contributed by atoms with Crippen LogP contribution < -0.4 is 5.32 Å². The zero-order chi connectivity index (χ0) is 13.9. The Kier molecular flexibility index (Phi) is 4.85. The molecule has 1 nitrogen and oxygen atoms in total. The summed E-state index contributed by atoms with van der Waals surface area (Å²) >= 11 is 0. The molecule has 1 N–H and O–H groups in total. The first kappa shape index (κ1) is 15.1. The zero-order valence-electron chi connectivity index (χ0n) is 11.8. The highest BCUT2D eigenvalue weighted by Gasteiger charge is 2.20. The van der Waals surface area contributed by atoms with Crippen molar-refractivity contribution in [2.45, 2.75) is 40.7 Å². The Balaban J connectivity index is 2.63. The minimum absolute atomic E-state index is 0.0556. The van der Waals surface area contributed by atoms with Crippen LogP contribution in [-0.4, -0.2) is 6.54 Å². The van der Waals surface area contributed by atoms with E-state index in [0.717, 1.165) is 12.6 Å². The molecule has 18 heavy (non-hydrogen) atoms. The molecule has 0 amide bonds. The minimum Gasteiger partial charge on any atom is -0.310 e. The van der Waals surface area contributed by atoms with Crippen LogP contribution in [0.4, 0.5) is 8.78 Å². The van der Waals surface area contributed by atoms with Gasteiger partial charge < -0.3 is 5.32 Å². The lowest BCUT2D eigenvalue weighted by atomic mass is 9.82. The predicted molar refractivity (Wildman–Crippen MR) is 71.4 cm³/mol. The van der Waals surface area contributed by atoms with Crippen molar-refractivity contribution in [1.82, 2.24) is 5.32 Å². The van der Waals surface area contributed by atoms with Crippen LogP contribution in [0.15, 0.2) is 18.2 Å². The second-order valence-corrected chi connectivity index (χ2v) is 6.10. The van der Waals surface area contributed by atoms with Crippen LogP contribution in [0.2, 0.25) is 0 Å². The maximum Gasteiger partial charge on any atom is 0.126 e. The summed E-state index contributed by atoms with van der Waals surface area (Å²) < 4.78 is 26.2. The molecule has 0 saturated carbocycles. The van der Waals surface area contributed by atoms with E-state index in [0.29, 0.717) is 11.5 Å². The van der Waals surface area contributed by atoms with Crippen molar-refractivity contribution in [3.05, 3.63) is 35.4 Å². The largest absolute Gasteiger partial charge is 0.310 e. The zero-order valence-corrected chi connectivity index (χ0v) is 11.8. The lowest BCUT2D eigenvalue weighted by Crippen LogP contribution is -2.31. The molecule has 0 aliphatic rings. The van der Waals surface area contributed by atoms with Crippen molar-refractivity contribution in [2.75, 3.05) is 6.54 Å². The maximum atomic E-state index is 13.1. The molecule has 3 heteroatoms. The summed E-state index contributed by atoms with van der Waals surface area (Å²) in [4.78, 5) is 0. The summed E-state index contributed by atoms with van der Waals surface area (Å²) in [5, 5.41) is 3.33. The average Bonchev–Trinajstić information content (AvgIpc) is 2.22. The van der Waals surface area contributed by atoms with Crippen LogP contribution in [-0.2, 0) is 0 Å². The summed E-state index contributed by atoms with van der Waals surface area (Å²) in [5.41, 5.74) is 0.869. The van der Waals surface area contributed by atoms with Gasteiger partial charge in [-0.1, -0.05) is 27.7 Å². The van der Waals surface area contributed by atoms with E-state index in [4.69, 9.17) is 0 Å². The molecule has 0 aliphatic carbocycles. The molecule has 2 unspecified atom stereocenters. The van der Waals surface area contributed by atoms with Gasteiger partial charge in [0.25, 0.3) is 0 Å². The van der Waals surface area contributed by atoms with E-state index < -0.39 is 11.6 Å². The van der Waals surface area contributed by atoms with E-state index >= 15 is 0 Å². The summed E-state index contributed by atoms with van der Waals surface area (Å²) in [5.74, 6) is -0.566. The van der Waals surface area contributed by atoms with E-state index in [2.05, 4.69) is 33.0 Å². The molecule has 0 fully saturated rings. The Hall–Kier alpha value is -0.960. The van der Waals surface area contributed by atoms with Gasteiger partial charge in [0.2, 0.25) is 0 Å². The van der Waals surface area contributed by atoms with Crippen LogP contribution in [0.25, 0.3) is 0 Å². The molecule has 0 aromatic heterocycles. The van der Waals surface area contributed by atoms with E-state index in [1.165, 1.54) is 12.1 Å². The first-order chi connectivity index (χ1) is 8.20. The molecular weight excluding hydrogens is 232 g/mol. The Morgan fingerprint density at radius 2 is 1.56 bits per heavy atom. The molecule has 2 atom stereocenters. The molecule has 102 valence electrons. The summed E-state index contributed by atoms with van der Waals surface area (Å²) in [6.45, 7) is 11.5. The molecule has 0 aliphatic heterocycles. The van der Waals surface area contributed by atoms with Crippen LogP contribution in [0, 0.1) is 23.0 Å². The Morgan fingerprint density at radius 3 is 2.00 bits per heavy atom. The first-order valence-electron chi connectivity index (χ1n) is 6.39. The average molecular weight is 255 g/mol. The standard InChI is InChI=1S/C15H23F2N/c1-10(15(3,4)5)9-18-11(2)12-6-13(16)8-14(17)7-12/h6-8,10-11,18H,9H2,1-5H3. The van der Waals surface area contributed by atoms with Crippen LogP contribution in [0.3, 0.4) is 0 Å². The van der Waals surface area contributed by atoms with Gasteiger partial charge in [-0.05, 0) is 42.5 Å². The Morgan fingerprint density at radius 1 is 1.06 bits per heavy atom. The van der Waals surface area contributed by atoms with Gasteiger partial charge in [-0.15, -0.1) is 0 Å². The van der Waals surface area contributed by atoms with Gasteiger partial charge in [-0.25, -0.2) is 8.78 Å². The molecular formula is C15H23F2N.